The Labute approximate surface area is 161 Å². The van der Waals surface area contributed by atoms with Gasteiger partial charge in [0.15, 0.2) is 0 Å². The lowest BCUT2D eigenvalue weighted by atomic mass is 9.81. The van der Waals surface area contributed by atoms with Crippen LogP contribution in [0.3, 0.4) is 0 Å². The number of nitrogens with one attached hydrogen (secondary N) is 1. The van der Waals surface area contributed by atoms with Gasteiger partial charge >= 0.3 is 5.97 Å². The van der Waals surface area contributed by atoms with Gasteiger partial charge in [-0.05, 0) is 43.9 Å². The fourth-order valence-corrected chi connectivity index (χ4v) is 4.62. The Morgan fingerprint density at radius 1 is 1.37 bits per heavy atom. The second-order valence-electron chi connectivity index (χ2n) is 8.10. The van der Waals surface area contributed by atoms with Gasteiger partial charge in [-0.15, -0.1) is 0 Å². The SMILES string of the molecule is CCCCC(O)C(C(=O)O)C(C)CC1c2[nH]c3ccccc3c2CCN1C. The monoisotopic (exact) mass is 372 g/mol. The van der Waals surface area contributed by atoms with Gasteiger partial charge in [-0.3, -0.25) is 9.69 Å². The minimum absolute atomic E-state index is 0.112. The summed E-state index contributed by atoms with van der Waals surface area (Å²) in [6.45, 7) is 4.99. The van der Waals surface area contributed by atoms with Crippen molar-refractivity contribution in [3.8, 4) is 0 Å². The maximum absolute atomic E-state index is 11.9. The highest BCUT2D eigenvalue weighted by molar-refractivity contribution is 5.85. The van der Waals surface area contributed by atoms with E-state index in [0.717, 1.165) is 37.7 Å². The topological polar surface area (TPSA) is 76.6 Å². The summed E-state index contributed by atoms with van der Waals surface area (Å²) in [4.78, 5) is 17.8. The number of aliphatic hydroxyl groups excluding tert-OH is 1. The lowest BCUT2D eigenvalue weighted by Gasteiger charge is -2.36. The molecule has 0 bridgehead atoms. The van der Waals surface area contributed by atoms with Crippen LogP contribution in [0.1, 0.15) is 56.8 Å². The van der Waals surface area contributed by atoms with Crippen molar-refractivity contribution in [2.45, 2.75) is 58.1 Å². The molecule has 0 spiro atoms. The molecule has 0 saturated heterocycles. The molecule has 1 aliphatic heterocycles. The van der Waals surface area contributed by atoms with E-state index in [1.54, 1.807) is 0 Å². The van der Waals surface area contributed by atoms with Crippen molar-refractivity contribution in [1.82, 2.24) is 9.88 Å². The second kappa shape index (κ2) is 8.44. The van der Waals surface area contributed by atoms with Gasteiger partial charge in [0, 0.05) is 23.1 Å². The highest BCUT2D eigenvalue weighted by Crippen LogP contribution is 2.39. The molecule has 1 aliphatic rings. The van der Waals surface area contributed by atoms with Gasteiger partial charge in [-0.2, -0.15) is 0 Å². The molecule has 0 aliphatic carbocycles. The molecule has 0 saturated carbocycles. The number of carboxylic acid groups (broad SMARTS) is 1. The summed E-state index contributed by atoms with van der Waals surface area (Å²) in [5.41, 5.74) is 3.72. The molecule has 5 nitrogen and oxygen atoms in total. The van der Waals surface area contributed by atoms with Gasteiger partial charge in [-0.1, -0.05) is 44.9 Å². The summed E-state index contributed by atoms with van der Waals surface area (Å²) >= 11 is 0. The first-order chi connectivity index (χ1) is 12.9. The Hall–Kier alpha value is -1.85. The van der Waals surface area contributed by atoms with Gasteiger partial charge in [0.2, 0.25) is 0 Å². The second-order valence-corrected chi connectivity index (χ2v) is 8.10. The zero-order chi connectivity index (χ0) is 19.6. The molecule has 2 heterocycles. The molecule has 2 aromatic rings. The quantitative estimate of drug-likeness (QED) is 0.655. The number of aromatic amines is 1. The third-order valence-electron chi connectivity index (χ3n) is 6.19. The number of hydrogen-bond acceptors (Lipinski definition) is 3. The number of aliphatic carboxylic acids is 1. The molecule has 1 aromatic heterocycles. The Balaban J connectivity index is 1.84. The summed E-state index contributed by atoms with van der Waals surface area (Å²) in [6, 6.07) is 8.51. The molecule has 148 valence electrons. The molecule has 0 fully saturated rings. The van der Waals surface area contributed by atoms with Crippen LogP contribution < -0.4 is 0 Å². The lowest BCUT2D eigenvalue weighted by Crippen LogP contribution is -2.38. The molecular weight excluding hydrogens is 340 g/mol. The molecule has 0 radical (unpaired) electrons. The van der Waals surface area contributed by atoms with E-state index in [0.29, 0.717) is 6.42 Å². The number of nitrogens with zero attached hydrogens (tertiary/aromatic N) is 1. The van der Waals surface area contributed by atoms with Crippen molar-refractivity contribution in [2.75, 3.05) is 13.6 Å². The van der Waals surface area contributed by atoms with Crippen LogP contribution in [-0.4, -0.2) is 45.8 Å². The standard InChI is InChI=1S/C22H32N2O3/c1-4-5-10-19(25)20(22(26)27)14(2)13-18-21-16(11-12-24(18)3)15-8-6-7-9-17(15)23-21/h6-9,14,18-20,23,25H,4-5,10-13H2,1-3H3,(H,26,27). The number of likely N-dealkylation sites (N-methyl/N-ethyl adjacent to an activating group) is 1. The van der Waals surface area contributed by atoms with E-state index in [4.69, 9.17) is 0 Å². The number of benzene rings is 1. The Kier molecular flexibility index (Phi) is 6.22. The van der Waals surface area contributed by atoms with Crippen molar-refractivity contribution in [3.63, 3.8) is 0 Å². The lowest BCUT2D eigenvalue weighted by molar-refractivity contribution is -0.148. The number of aliphatic hydroxyl groups is 1. The first-order valence-corrected chi connectivity index (χ1v) is 10.1. The van der Waals surface area contributed by atoms with Crippen molar-refractivity contribution < 1.29 is 15.0 Å². The molecule has 5 heteroatoms. The van der Waals surface area contributed by atoms with Gasteiger partial charge in [0.05, 0.1) is 18.1 Å². The first-order valence-electron chi connectivity index (χ1n) is 10.1. The normalized spacial score (nSPS) is 21.0. The number of para-hydroxylation sites is 1. The number of fused-ring (bicyclic) bond motifs is 3. The van der Waals surface area contributed by atoms with Gasteiger partial charge in [0.25, 0.3) is 0 Å². The van der Waals surface area contributed by atoms with E-state index in [2.05, 4.69) is 42.1 Å². The van der Waals surface area contributed by atoms with E-state index in [1.807, 2.05) is 13.0 Å². The molecule has 4 unspecified atom stereocenters. The summed E-state index contributed by atoms with van der Waals surface area (Å²) in [6.07, 6.45) is 3.30. The predicted molar refractivity (Wildman–Crippen MR) is 108 cm³/mol. The number of H-pyrrole nitrogens is 1. The maximum atomic E-state index is 11.9. The summed E-state index contributed by atoms with van der Waals surface area (Å²) in [7, 11) is 2.11. The third kappa shape index (κ3) is 4.04. The van der Waals surface area contributed by atoms with Gasteiger partial charge < -0.3 is 15.2 Å². The van der Waals surface area contributed by atoms with Crippen molar-refractivity contribution >= 4 is 16.9 Å². The van der Waals surface area contributed by atoms with Crippen LogP contribution in [0.5, 0.6) is 0 Å². The summed E-state index contributed by atoms with van der Waals surface area (Å²) < 4.78 is 0. The van der Waals surface area contributed by atoms with Crippen LogP contribution in [0.4, 0.5) is 0 Å². The first kappa shape index (κ1) is 19.9. The minimum atomic E-state index is -0.888. The van der Waals surface area contributed by atoms with E-state index >= 15 is 0 Å². The third-order valence-corrected chi connectivity index (χ3v) is 6.19. The van der Waals surface area contributed by atoms with Crippen LogP contribution >= 0.6 is 0 Å². The van der Waals surface area contributed by atoms with Crippen LogP contribution in [-0.2, 0) is 11.2 Å². The smallest absolute Gasteiger partial charge is 0.309 e. The van der Waals surface area contributed by atoms with Crippen LogP contribution in [0.25, 0.3) is 10.9 Å². The maximum Gasteiger partial charge on any atom is 0.309 e. The molecule has 3 N–H and O–H groups in total. The Morgan fingerprint density at radius 2 is 2.11 bits per heavy atom. The van der Waals surface area contributed by atoms with Crippen molar-refractivity contribution in [1.29, 1.82) is 0 Å². The molecule has 1 aromatic carbocycles. The largest absolute Gasteiger partial charge is 0.481 e. The summed E-state index contributed by atoms with van der Waals surface area (Å²) in [5, 5.41) is 21.5. The molecule has 0 amide bonds. The van der Waals surface area contributed by atoms with Crippen molar-refractivity contribution in [3.05, 3.63) is 35.5 Å². The van der Waals surface area contributed by atoms with Crippen LogP contribution in [0.2, 0.25) is 0 Å². The molecule has 4 atom stereocenters. The van der Waals surface area contributed by atoms with E-state index in [-0.39, 0.29) is 12.0 Å². The number of rotatable bonds is 8. The number of aromatic nitrogens is 1. The predicted octanol–water partition coefficient (Wildman–Crippen LogP) is 3.98. The number of hydrogen-bond donors (Lipinski definition) is 3. The van der Waals surface area contributed by atoms with E-state index in [1.165, 1.54) is 16.6 Å². The highest BCUT2D eigenvalue weighted by atomic mass is 16.4. The van der Waals surface area contributed by atoms with Crippen molar-refractivity contribution in [2.24, 2.45) is 11.8 Å². The Morgan fingerprint density at radius 3 is 2.81 bits per heavy atom. The minimum Gasteiger partial charge on any atom is -0.481 e. The average Bonchev–Trinajstić information content (AvgIpc) is 3.01. The van der Waals surface area contributed by atoms with Gasteiger partial charge in [0.1, 0.15) is 0 Å². The van der Waals surface area contributed by atoms with E-state index < -0.39 is 18.0 Å². The van der Waals surface area contributed by atoms with E-state index in [9.17, 15) is 15.0 Å². The number of unbranched alkanes of at least 4 members (excludes halogenated alkanes) is 1. The molecule has 3 rings (SSSR count). The summed E-state index contributed by atoms with van der Waals surface area (Å²) in [5.74, 6) is -1.72. The number of carbonyl (C=O) groups is 1. The zero-order valence-electron chi connectivity index (χ0n) is 16.6. The molecule has 27 heavy (non-hydrogen) atoms. The number of carboxylic acids is 1. The van der Waals surface area contributed by atoms with Crippen LogP contribution in [0.15, 0.2) is 24.3 Å². The fourth-order valence-electron chi connectivity index (χ4n) is 4.62. The van der Waals surface area contributed by atoms with Gasteiger partial charge in [-0.25, -0.2) is 0 Å². The molecular formula is C22H32N2O3. The Bertz CT molecular complexity index is 785. The zero-order valence-corrected chi connectivity index (χ0v) is 16.6. The average molecular weight is 373 g/mol. The highest BCUT2D eigenvalue weighted by Gasteiger charge is 2.36. The van der Waals surface area contributed by atoms with Crippen LogP contribution in [0, 0.1) is 11.8 Å². The fraction of sp³-hybridized carbons (Fsp3) is 0.591.